The van der Waals surface area contributed by atoms with Gasteiger partial charge in [-0.15, -0.1) is 0 Å². The number of benzene rings is 1. The highest BCUT2D eigenvalue weighted by Gasteiger charge is 2.10. The van der Waals surface area contributed by atoms with Gasteiger partial charge < -0.3 is 15.2 Å². The summed E-state index contributed by atoms with van der Waals surface area (Å²) >= 11 is 0. The predicted molar refractivity (Wildman–Crippen MR) is 109 cm³/mol. The molecule has 3 rings (SSSR count). The number of aromatic nitrogens is 2. The van der Waals surface area contributed by atoms with Crippen molar-refractivity contribution >= 4 is 11.8 Å². The molecule has 29 heavy (non-hydrogen) atoms. The van der Waals surface area contributed by atoms with Gasteiger partial charge in [-0.3, -0.25) is 19.4 Å². The van der Waals surface area contributed by atoms with Crippen LogP contribution in [0.5, 0.6) is 0 Å². The number of aryl methyl sites for hydroxylation is 1. The van der Waals surface area contributed by atoms with Gasteiger partial charge in [-0.05, 0) is 30.7 Å². The maximum absolute atomic E-state index is 12.4. The molecule has 0 atom stereocenters. The largest absolute Gasteiger partial charge is 0.349 e. The van der Waals surface area contributed by atoms with Crippen molar-refractivity contribution in [1.29, 1.82) is 0 Å². The zero-order valence-electron chi connectivity index (χ0n) is 16.1. The van der Waals surface area contributed by atoms with Crippen molar-refractivity contribution in [1.82, 2.24) is 20.2 Å². The molecule has 0 unspecified atom stereocenters. The number of carbonyl (C=O) groups is 2. The van der Waals surface area contributed by atoms with Gasteiger partial charge in [0.05, 0.1) is 17.8 Å². The molecule has 2 N–H and O–H groups in total. The SMILES string of the molecule is Cc1cccc(CNC(=O)Cn2cc(C(=O)NCc3ccccc3)ccc2=O)n1. The highest BCUT2D eigenvalue weighted by atomic mass is 16.2. The molecular formula is C22H22N4O3. The zero-order chi connectivity index (χ0) is 20.6. The molecule has 0 aliphatic carbocycles. The van der Waals surface area contributed by atoms with Crippen LogP contribution in [0.1, 0.15) is 27.3 Å². The first-order valence-electron chi connectivity index (χ1n) is 9.23. The Morgan fingerprint density at radius 3 is 2.48 bits per heavy atom. The van der Waals surface area contributed by atoms with E-state index in [1.54, 1.807) is 0 Å². The minimum Gasteiger partial charge on any atom is -0.349 e. The van der Waals surface area contributed by atoms with Crippen LogP contribution in [0.3, 0.4) is 0 Å². The summed E-state index contributed by atoms with van der Waals surface area (Å²) in [5.74, 6) is -0.649. The fourth-order valence-corrected chi connectivity index (χ4v) is 2.77. The Hall–Kier alpha value is -3.74. The number of pyridine rings is 2. The third kappa shape index (κ3) is 5.87. The second-order valence-electron chi connectivity index (χ2n) is 6.60. The number of amides is 2. The van der Waals surface area contributed by atoms with Crippen LogP contribution >= 0.6 is 0 Å². The highest BCUT2D eigenvalue weighted by Crippen LogP contribution is 2.01. The van der Waals surface area contributed by atoms with Crippen molar-refractivity contribution in [2.75, 3.05) is 0 Å². The number of rotatable bonds is 7. The van der Waals surface area contributed by atoms with Crippen LogP contribution < -0.4 is 16.2 Å². The lowest BCUT2D eigenvalue weighted by Crippen LogP contribution is -2.33. The van der Waals surface area contributed by atoms with Crippen LogP contribution in [0.2, 0.25) is 0 Å². The van der Waals surface area contributed by atoms with E-state index < -0.39 is 0 Å². The van der Waals surface area contributed by atoms with Gasteiger partial charge in [0.15, 0.2) is 0 Å². The van der Waals surface area contributed by atoms with E-state index in [4.69, 9.17) is 0 Å². The fourth-order valence-electron chi connectivity index (χ4n) is 2.77. The molecule has 0 aliphatic rings. The Bertz CT molecular complexity index is 1060. The van der Waals surface area contributed by atoms with E-state index >= 15 is 0 Å². The Labute approximate surface area is 168 Å². The molecule has 7 heteroatoms. The van der Waals surface area contributed by atoms with Gasteiger partial charge in [-0.25, -0.2) is 0 Å². The lowest BCUT2D eigenvalue weighted by Gasteiger charge is -2.10. The molecule has 2 amide bonds. The summed E-state index contributed by atoms with van der Waals surface area (Å²) in [6, 6.07) is 17.8. The van der Waals surface area contributed by atoms with Crippen molar-refractivity contribution in [2.24, 2.45) is 0 Å². The lowest BCUT2D eigenvalue weighted by atomic mass is 10.2. The summed E-state index contributed by atoms with van der Waals surface area (Å²) in [5, 5.41) is 5.54. The van der Waals surface area contributed by atoms with Gasteiger partial charge in [-0.2, -0.15) is 0 Å². The molecule has 148 valence electrons. The maximum atomic E-state index is 12.4. The molecule has 0 radical (unpaired) electrons. The lowest BCUT2D eigenvalue weighted by molar-refractivity contribution is -0.121. The minimum absolute atomic E-state index is 0.176. The Kier molecular flexibility index (Phi) is 6.52. The number of carbonyl (C=O) groups excluding carboxylic acids is 2. The van der Waals surface area contributed by atoms with Gasteiger partial charge in [0, 0.05) is 24.5 Å². The summed E-state index contributed by atoms with van der Waals surface area (Å²) in [6.07, 6.45) is 1.40. The molecular weight excluding hydrogens is 368 g/mol. The van der Waals surface area contributed by atoms with Gasteiger partial charge >= 0.3 is 0 Å². The van der Waals surface area contributed by atoms with E-state index in [0.29, 0.717) is 12.1 Å². The van der Waals surface area contributed by atoms with Gasteiger partial charge in [0.2, 0.25) is 5.91 Å². The van der Waals surface area contributed by atoms with E-state index in [1.165, 1.54) is 22.9 Å². The molecule has 7 nitrogen and oxygen atoms in total. The molecule has 2 aromatic heterocycles. The van der Waals surface area contributed by atoms with Crippen LogP contribution in [-0.4, -0.2) is 21.4 Å². The molecule has 0 saturated carbocycles. The number of nitrogens with one attached hydrogen (secondary N) is 2. The van der Waals surface area contributed by atoms with Crippen LogP contribution in [0.25, 0.3) is 0 Å². The molecule has 2 heterocycles. The molecule has 0 bridgehead atoms. The number of hydrogen-bond acceptors (Lipinski definition) is 4. The van der Waals surface area contributed by atoms with Gasteiger partial charge in [0.1, 0.15) is 6.54 Å². The maximum Gasteiger partial charge on any atom is 0.253 e. The van der Waals surface area contributed by atoms with Crippen LogP contribution in [0.4, 0.5) is 0 Å². The topological polar surface area (TPSA) is 93.1 Å². The van der Waals surface area contributed by atoms with Crippen molar-refractivity contribution in [3.63, 3.8) is 0 Å². The number of hydrogen-bond donors (Lipinski definition) is 2. The molecule has 0 fully saturated rings. The average Bonchev–Trinajstić information content (AvgIpc) is 2.73. The Balaban J connectivity index is 1.60. The van der Waals surface area contributed by atoms with E-state index in [9.17, 15) is 14.4 Å². The zero-order valence-corrected chi connectivity index (χ0v) is 16.1. The first kappa shape index (κ1) is 20.0. The van der Waals surface area contributed by atoms with Crippen molar-refractivity contribution < 1.29 is 9.59 Å². The second kappa shape index (κ2) is 9.45. The van der Waals surface area contributed by atoms with E-state index in [-0.39, 0.29) is 30.5 Å². The van der Waals surface area contributed by atoms with Crippen molar-refractivity contribution in [2.45, 2.75) is 26.6 Å². The summed E-state index contributed by atoms with van der Waals surface area (Å²) < 4.78 is 1.22. The average molecular weight is 390 g/mol. The highest BCUT2D eigenvalue weighted by molar-refractivity contribution is 5.93. The van der Waals surface area contributed by atoms with Gasteiger partial charge in [-0.1, -0.05) is 36.4 Å². The smallest absolute Gasteiger partial charge is 0.253 e. The van der Waals surface area contributed by atoms with Crippen LogP contribution in [0.15, 0.2) is 71.7 Å². The molecule has 0 saturated heterocycles. The van der Waals surface area contributed by atoms with Crippen molar-refractivity contribution in [3.8, 4) is 0 Å². The predicted octanol–water partition coefficient (Wildman–Crippen LogP) is 1.80. The summed E-state index contributed by atoms with van der Waals surface area (Å²) in [6.45, 7) is 2.35. The number of nitrogens with zero attached hydrogens (tertiary/aromatic N) is 2. The summed E-state index contributed by atoms with van der Waals surface area (Å²) in [4.78, 5) is 41.0. The van der Waals surface area contributed by atoms with E-state index in [1.807, 2.05) is 55.5 Å². The first-order chi connectivity index (χ1) is 14.0. The van der Waals surface area contributed by atoms with Crippen molar-refractivity contribution in [3.05, 3.63) is 99.7 Å². The van der Waals surface area contributed by atoms with Crippen LogP contribution in [-0.2, 0) is 24.4 Å². The normalized spacial score (nSPS) is 10.4. The second-order valence-corrected chi connectivity index (χ2v) is 6.60. The van der Waals surface area contributed by atoms with E-state index in [0.717, 1.165) is 17.0 Å². The first-order valence-corrected chi connectivity index (χ1v) is 9.23. The Morgan fingerprint density at radius 2 is 1.72 bits per heavy atom. The molecule has 1 aromatic carbocycles. The monoisotopic (exact) mass is 390 g/mol. The van der Waals surface area contributed by atoms with Gasteiger partial charge in [0.25, 0.3) is 11.5 Å². The minimum atomic E-state index is -0.353. The molecule has 0 aliphatic heterocycles. The molecule has 3 aromatic rings. The fraction of sp³-hybridized carbons (Fsp3) is 0.182. The van der Waals surface area contributed by atoms with E-state index in [2.05, 4.69) is 15.6 Å². The Morgan fingerprint density at radius 1 is 0.931 bits per heavy atom. The third-order valence-electron chi connectivity index (χ3n) is 4.27. The summed E-state index contributed by atoms with van der Waals surface area (Å²) in [5.41, 5.74) is 2.53. The third-order valence-corrected chi connectivity index (χ3v) is 4.27. The summed E-state index contributed by atoms with van der Waals surface area (Å²) in [7, 11) is 0. The van der Waals surface area contributed by atoms with Crippen LogP contribution in [0, 0.1) is 6.92 Å². The standard InChI is InChI=1S/C22H22N4O3/c1-16-6-5-9-19(25-16)13-23-20(27)15-26-14-18(10-11-21(26)28)22(29)24-12-17-7-3-2-4-8-17/h2-11,14H,12-13,15H2,1H3,(H,23,27)(H,24,29). The molecule has 0 spiro atoms. The quantitative estimate of drug-likeness (QED) is 0.643.